The summed E-state index contributed by atoms with van der Waals surface area (Å²) in [5.41, 5.74) is 0. The Bertz CT molecular complexity index is 702. The molecular formula is C16H20N4O3S. The maximum absolute atomic E-state index is 12.2. The van der Waals surface area contributed by atoms with Crippen molar-refractivity contribution in [1.82, 2.24) is 15.5 Å². The van der Waals surface area contributed by atoms with Gasteiger partial charge in [0.1, 0.15) is 10.8 Å². The summed E-state index contributed by atoms with van der Waals surface area (Å²) >= 11 is 1.60. The zero-order valence-electron chi connectivity index (χ0n) is 13.5. The molecule has 2 saturated heterocycles. The minimum absolute atomic E-state index is 0.0471. The van der Waals surface area contributed by atoms with Crippen molar-refractivity contribution in [3.8, 4) is 0 Å². The summed E-state index contributed by atoms with van der Waals surface area (Å²) in [6, 6.07) is 3.67. The number of ether oxygens (including phenoxy) is 1. The number of fused-ring (bicyclic) bond motifs is 1. The molecule has 0 spiro atoms. The number of hydrogen-bond donors (Lipinski definition) is 1. The van der Waals surface area contributed by atoms with Gasteiger partial charge in [0.2, 0.25) is 11.0 Å². The largest absolute Gasteiger partial charge is 0.467 e. The van der Waals surface area contributed by atoms with Crippen LogP contribution in [0.2, 0.25) is 0 Å². The topological polar surface area (TPSA) is 80.5 Å². The number of aryl methyl sites for hydroxylation is 1. The van der Waals surface area contributed by atoms with Crippen LogP contribution in [0.1, 0.15) is 17.2 Å². The van der Waals surface area contributed by atoms with E-state index in [9.17, 15) is 4.79 Å². The molecule has 3 atom stereocenters. The van der Waals surface area contributed by atoms with Crippen molar-refractivity contribution in [2.75, 3.05) is 24.6 Å². The van der Waals surface area contributed by atoms with E-state index in [0.717, 1.165) is 29.0 Å². The Morgan fingerprint density at radius 2 is 2.38 bits per heavy atom. The molecule has 2 aromatic heterocycles. The van der Waals surface area contributed by atoms with E-state index in [2.05, 4.69) is 20.4 Å². The summed E-state index contributed by atoms with van der Waals surface area (Å²) in [6.07, 6.45) is 2.29. The van der Waals surface area contributed by atoms with Crippen molar-refractivity contribution >= 4 is 22.4 Å². The van der Waals surface area contributed by atoms with E-state index in [1.807, 2.05) is 19.1 Å². The first kappa shape index (κ1) is 15.6. The van der Waals surface area contributed by atoms with Gasteiger partial charge in [-0.15, -0.1) is 10.2 Å². The lowest BCUT2D eigenvalue weighted by molar-refractivity contribution is -0.122. The van der Waals surface area contributed by atoms with Gasteiger partial charge in [-0.3, -0.25) is 4.79 Å². The highest BCUT2D eigenvalue weighted by atomic mass is 32.1. The van der Waals surface area contributed by atoms with Gasteiger partial charge in [0.25, 0.3) is 0 Å². The van der Waals surface area contributed by atoms with E-state index in [-0.39, 0.29) is 17.9 Å². The molecule has 4 rings (SSSR count). The van der Waals surface area contributed by atoms with Crippen molar-refractivity contribution in [2.24, 2.45) is 11.8 Å². The SMILES string of the molecule is Cc1nnc(N2C[C@@H]3[C@H](CC(=O)NCc4ccco4)CO[C@@H]3C2)s1. The van der Waals surface area contributed by atoms with Crippen LogP contribution in [0.5, 0.6) is 0 Å². The summed E-state index contributed by atoms with van der Waals surface area (Å²) in [4.78, 5) is 14.4. The van der Waals surface area contributed by atoms with Crippen LogP contribution in [0.4, 0.5) is 5.13 Å². The number of furan rings is 1. The number of rotatable bonds is 5. The molecule has 0 aliphatic carbocycles. The first-order valence-electron chi connectivity index (χ1n) is 8.15. The molecule has 0 bridgehead atoms. The van der Waals surface area contributed by atoms with E-state index < -0.39 is 0 Å². The zero-order valence-corrected chi connectivity index (χ0v) is 14.3. The quantitative estimate of drug-likeness (QED) is 0.884. The summed E-state index contributed by atoms with van der Waals surface area (Å²) in [7, 11) is 0. The molecule has 128 valence electrons. The van der Waals surface area contributed by atoms with Gasteiger partial charge >= 0.3 is 0 Å². The Labute approximate surface area is 144 Å². The fourth-order valence-corrected chi connectivity index (χ4v) is 4.19. The second kappa shape index (κ2) is 6.52. The molecule has 1 N–H and O–H groups in total. The highest BCUT2D eigenvalue weighted by Crippen LogP contribution is 2.38. The van der Waals surface area contributed by atoms with Crippen LogP contribution in [-0.2, 0) is 16.1 Å². The molecule has 0 radical (unpaired) electrons. The monoisotopic (exact) mass is 348 g/mol. The van der Waals surface area contributed by atoms with E-state index in [1.54, 1.807) is 17.6 Å². The zero-order chi connectivity index (χ0) is 16.5. The summed E-state index contributed by atoms with van der Waals surface area (Å²) in [5.74, 6) is 1.45. The van der Waals surface area contributed by atoms with Crippen LogP contribution in [0.25, 0.3) is 0 Å². The van der Waals surface area contributed by atoms with Crippen LogP contribution in [-0.4, -0.2) is 41.9 Å². The molecular weight excluding hydrogens is 328 g/mol. The molecule has 2 fully saturated rings. The van der Waals surface area contributed by atoms with E-state index in [0.29, 0.717) is 25.5 Å². The number of nitrogens with zero attached hydrogens (tertiary/aromatic N) is 3. The molecule has 4 heterocycles. The molecule has 0 unspecified atom stereocenters. The van der Waals surface area contributed by atoms with Crippen LogP contribution in [0.15, 0.2) is 22.8 Å². The normalized spacial score (nSPS) is 25.9. The van der Waals surface area contributed by atoms with Crippen molar-refractivity contribution in [1.29, 1.82) is 0 Å². The van der Waals surface area contributed by atoms with Crippen LogP contribution in [0, 0.1) is 18.8 Å². The maximum atomic E-state index is 12.2. The van der Waals surface area contributed by atoms with Crippen molar-refractivity contribution in [3.63, 3.8) is 0 Å². The second-order valence-electron chi connectivity index (χ2n) is 6.36. The molecule has 1 amide bonds. The summed E-state index contributed by atoms with van der Waals surface area (Å²) in [6.45, 7) is 4.77. The molecule has 2 aliphatic rings. The predicted octanol–water partition coefficient (Wildman–Crippen LogP) is 1.60. The van der Waals surface area contributed by atoms with E-state index in [1.165, 1.54) is 0 Å². The van der Waals surface area contributed by atoms with Gasteiger partial charge in [-0.05, 0) is 25.0 Å². The lowest BCUT2D eigenvalue weighted by Gasteiger charge is -2.18. The van der Waals surface area contributed by atoms with Crippen molar-refractivity contribution < 1.29 is 13.9 Å². The fraction of sp³-hybridized carbons (Fsp3) is 0.562. The third kappa shape index (κ3) is 3.16. The van der Waals surface area contributed by atoms with Gasteiger partial charge in [-0.1, -0.05) is 11.3 Å². The lowest BCUT2D eigenvalue weighted by atomic mass is 9.90. The average Bonchev–Trinajstić information content (AvgIpc) is 3.30. The fourth-order valence-electron chi connectivity index (χ4n) is 3.49. The molecule has 0 aromatic carbocycles. The number of amides is 1. The standard InChI is InChI=1S/C16H20N4O3S/c1-10-18-19-16(24-10)20-7-13-11(9-23-14(13)8-20)5-15(21)17-6-12-3-2-4-22-12/h2-4,11,13-14H,5-9H2,1H3,(H,17,21)/t11-,13-,14-/m1/s1. The molecule has 8 heteroatoms. The van der Waals surface area contributed by atoms with Crippen LogP contribution < -0.4 is 10.2 Å². The first-order valence-corrected chi connectivity index (χ1v) is 8.96. The number of hydrogen-bond acceptors (Lipinski definition) is 7. The van der Waals surface area contributed by atoms with Crippen molar-refractivity contribution in [2.45, 2.75) is 26.0 Å². The summed E-state index contributed by atoms with van der Waals surface area (Å²) < 4.78 is 11.1. The van der Waals surface area contributed by atoms with Gasteiger partial charge in [-0.2, -0.15) is 0 Å². The number of nitrogens with one attached hydrogen (secondary N) is 1. The average molecular weight is 348 g/mol. The number of carbonyl (C=O) groups is 1. The Morgan fingerprint density at radius 3 is 3.12 bits per heavy atom. The highest BCUT2D eigenvalue weighted by Gasteiger charge is 2.45. The van der Waals surface area contributed by atoms with E-state index in [4.69, 9.17) is 9.15 Å². The lowest BCUT2D eigenvalue weighted by Crippen LogP contribution is -2.29. The van der Waals surface area contributed by atoms with Crippen LogP contribution in [0.3, 0.4) is 0 Å². The van der Waals surface area contributed by atoms with Gasteiger partial charge in [-0.25, -0.2) is 0 Å². The molecule has 0 saturated carbocycles. The first-order chi connectivity index (χ1) is 11.7. The molecule has 2 aromatic rings. The van der Waals surface area contributed by atoms with Crippen molar-refractivity contribution in [3.05, 3.63) is 29.2 Å². The predicted molar refractivity (Wildman–Crippen MR) is 88.8 cm³/mol. The van der Waals surface area contributed by atoms with Gasteiger partial charge in [0, 0.05) is 25.4 Å². The minimum atomic E-state index is 0.0471. The Balaban J connectivity index is 1.31. The number of anilines is 1. The number of aromatic nitrogens is 2. The highest BCUT2D eigenvalue weighted by molar-refractivity contribution is 7.15. The van der Waals surface area contributed by atoms with Gasteiger partial charge in [0.05, 0.1) is 25.5 Å². The third-order valence-corrected chi connectivity index (χ3v) is 5.61. The molecule has 2 aliphatic heterocycles. The third-order valence-electron chi connectivity index (χ3n) is 4.71. The molecule has 24 heavy (non-hydrogen) atoms. The Kier molecular flexibility index (Phi) is 4.24. The summed E-state index contributed by atoms with van der Waals surface area (Å²) in [5, 5.41) is 13.1. The van der Waals surface area contributed by atoms with Gasteiger partial charge < -0.3 is 19.4 Å². The van der Waals surface area contributed by atoms with Gasteiger partial charge in [0.15, 0.2) is 0 Å². The number of carbonyl (C=O) groups excluding carboxylic acids is 1. The second-order valence-corrected chi connectivity index (χ2v) is 7.52. The van der Waals surface area contributed by atoms with E-state index >= 15 is 0 Å². The maximum Gasteiger partial charge on any atom is 0.220 e. The smallest absolute Gasteiger partial charge is 0.220 e. The Hall–Kier alpha value is -1.93. The Morgan fingerprint density at radius 1 is 1.46 bits per heavy atom. The molecule has 7 nitrogen and oxygen atoms in total. The van der Waals surface area contributed by atoms with Crippen LogP contribution >= 0.6 is 11.3 Å². The minimum Gasteiger partial charge on any atom is -0.467 e.